The van der Waals surface area contributed by atoms with Crippen LogP contribution in [-0.4, -0.2) is 71.9 Å². The molecular formula is C15H23N5O6. The predicted octanol–water partition coefficient (Wildman–Crippen LogP) is 1.46. The van der Waals surface area contributed by atoms with Crippen molar-refractivity contribution >= 4 is 17.7 Å². The lowest BCUT2D eigenvalue weighted by Gasteiger charge is -2.35. The number of aromatic nitrogens is 2. The van der Waals surface area contributed by atoms with Crippen LogP contribution in [0, 0.1) is 10.1 Å². The molecule has 2 heterocycles. The first-order valence-corrected chi connectivity index (χ1v) is 8.03. The molecule has 0 bridgehead atoms. The van der Waals surface area contributed by atoms with E-state index in [0.29, 0.717) is 26.2 Å². The number of amides is 1. The summed E-state index contributed by atoms with van der Waals surface area (Å²) < 4.78 is 15.4. The number of carbonyl (C=O) groups is 1. The summed E-state index contributed by atoms with van der Waals surface area (Å²) in [6.07, 6.45) is -0.378. The van der Waals surface area contributed by atoms with Gasteiger partial charge in [-0.05, 0) is 20.8 Å². The van der Waals surface area contributed by atoms with E-state index >= 15 is 0 Å². The van der Waals surface area contributed by atoms with Gasteiger partial charge in [0.1, 0.15) is 5.60 Å². The van der Waals surface area contributed by atoms with E-state index in [2.05, 4.69) is 9.97 Å². The molecule has 0 atom stereocenters. The highest BCUT2D eigenvalue weighted by Crippen LogP contribution is 2.35. The van der Waals surface area contributed by atoms with E-state index in [9.17, 15) is 14.9 Å². The fraction of sp³-hybridized carbons (Fsp3) is 0.667. The molecule has 0 spiro atoms. The quantitative estimate of drug-likeness (QED) is 0.573. The Morgan fingerprint density at radius 1 is 1.08 bits per heavy atom. The maximum absolute atomic E-state index is 12.1. The van der Waals surface area contributed by atoms with Crippen molar-refractivity contribution in [3.63, 3.8) is 0 Å². The number of ether oxygens (including phenoxy) is 3. The van der Waals surface area contributed by atoms with E-state index in [0.717, 1.165) is 0 Å². The van der Waals surface area contributed by atoms with Gasteiger partial charge in [0.05, 0.1) is 19.1 Å². The number of carbonyl (C=O) groups excluding carboxylic acids is 1. The van der Waals surface area contributed by atoms with Crippen LogP contribution >= 0.6 is 0 Å². The smallest absolute Gasteiger partial charge is 0.410 e. The summed E-state index contributed by atoms with van der Waals surface area (Å²) in [5.41, 5.74) is -0.984. The Morgan fingerprint density at radius 3 is 1.96 bits per heavy atom. The first-order chi connectivity index (χ1) is 12.2. The largest absolute Gasteiger partial charge is 0.476 e. The highest BCUT2D eigenvalue weighted by atomic mass is 16.6. The molecule has 0 aromatic carbocycles. The van der Waals surface area contributed by atoms with Gasteiger partial charge in [0.2, 0.25) is 5.95 Å². The zero-order chi connectivity index (χ0) is 19.5. The first-order valence-electron chi connectivity index (χ1n) is 8.03. The number of nitro groups is 1. The number of rotatable bonds is 4. The van der Waals surface area contributed by atoms with Gasteiger partial charge in [-0.3, -0.25) is 10.1 Å². The first kappa shape index (κ1) is 19.5. The van der Waals surface area contributed by atoms with Crippen LogP contribution in [-0.2, 0) is 4.74 Å². The molecule has 1 aromatic rings. The number of anilines is 1. The van der Waals surface area contributed by atoms with Crippen molar-refractivity contribution in [2.45, 2.75) is 26.4 Å². The van der Waals surface area contributed by atoms with E-state index in [1.54, 1.807) is 9.80 Å². The molecule has 0 unspecified atom stereocenters. The van der Waals surface area contributed by atoms with E-state index < -0.39 is 16.2 Å². The minimum Gasteiger partial charge on any atom is -0.476 e. The van der Waals surface area contributed by atoms with Crippen molar-refractivity contribution in [2.24, 2.45) is 0 Å². The lowest BCUT2D eigenvalue weighted by molar-refractivity contribution is -0.387. The molecule has 1 amide bonds. The fourth-order valence-corrected chi connectivity index (χ4v) is 2.40. The van der Waals surface area contributed by atoms with Crippen LogP contribution in [0.5, 0.6) is 11.8 Å². The molecule has 1 aromatic heterocycles. The molecule has 144 valence electrons. The fourth-order valence-electron chi connectivity index (χ4n) is 2.40. The minimum absolute atomic E-state index is 0.175. The maximum Gasteiger partial charge on any atom is 0.410 e. The second kappa shape index (κ2) is 7.58. The summed E-state index contributed by atoms with van der Waals surface area (Å²) in [6, 6.07) is 0. The molecule has 0 aliphatic carbocycles. The van der Waals surface area contributed by atoms with Gasteiger partial charge < -0.3 is 24.0 Å². The summed E-state index contributed by atoms with van der Waals surface area (Å²) in [7, 11) is 2.58. The third-order valence-electron chi connectivity index (χ3n) is 3.59. The van der Waals surface area contributed by atoms with Crippen LogP contribution in [0.25, 0.3) is 0 Å². The average molecular weight is 369 g/mol. The van der Waals surface area contributed by atoms with Gasteiger partial charge in [-0.2, -0.15) is 9.97 Å². The summed E-state index contributed by atoms with van der Waals surface area (Å²) >= 11 is 0. The molecule has 1 aliphatic rings. The summed E-state index contributed by atoms with van der Waals surface area (Å²) in [4.78, 5) is 34.3. The molecule has 0 saturated carbocycles. The van der Waals surface area contributed by atoms with Crippen molar-refractivity contribution in [3.8, 4) is 11.8 Å². The van der Waals surface area contributed by atoms with E-state index in [4.69, 9.17) is 14.2 Å². The van der Waals surface area contributed by atoms with Crippen molar-refractivity contribution in [3.05, 3.63) is 10.1 Å². The Bertz CT molecular complexity index is 657. The second-order valence-corrected chi connectivity index (χ2v) is 6.60. The van der Waals surface area contributed by atoms with Crippen LogP contribution in [0.4, 0.5) is 16.4 Å². The van der Waals surface area contributed by atoms with Crippen molar-refractivity contribution in [2.75, 3.05) is 45.3 Å². The Morgan fingerprint density at radius 2 is 1.58 bits per heavy atom. The molecule has 2 rings (SSSR count). The topological polar surface area (TPSA) is 120 Å². The molecule has 1 fully saturated rings. The van der Waals surface area contributed by atoms with Crippen LogP contribution in [0.2, 0.25) is 0 Å². The van der Waals surface area contributed by atoms with E-state index in [1.165, 1.54) is 14.2 Å². The van der Waals surface area contributed by atoms with Crippen LogP contribution in [0.1, 0.15) is 20.8 Å². The molecule has 11 nitrogen and oxygen atoms in total. The highest BCUT2D eigenvalue weighted by Gasteiger charge is 2.31. The highest BCUT2D eigenvalue weighted by molar-refractivity contribution is 5.68. The molecule has 0 N–H and O–H groups in total. The van der Waals surface area contributed by atoms with Gasteiger partial charge in [-0.1, -0.05) is 0 Å². The Balaban J connectivity index is 2.14. The van der Waals surface area contributed by atoms with Gasteiger partial charge in [0.25, 0.3) is 0 Å². The predicted molar refractivity (Wildman–Crippen MR) is 91.8 cm³/mol. The van der Waals surface area contributed by atoms with Crippen LogP contribution in [0.15, 0.2) is 0 Å². The van der Waals surface area contributed by atoms with Gasteiger partial charge in [-0.25, -0.2) is 4.79 Å². The second-order valence-electron chi connectivity index (χ2n) is 6.60. The number of hydrogen-bond acceptors (Lipinski definition) is 9. The van der Waals surface area contributed by atoms with Crippen LogP contribution in [0.3, 0.4) is 0 Å². The SMILES string of the molecule is COc1nc(N2CCN(C(=O)OC(C)(C)C)CC2)nc(OC)c1[N+](=O)[O-]. The third kappa shape index (κ3) is 4.41. The maximum atomic E-state index is 12.1. The Labute approximate surface area is 151 Å². The average Bonchev–Trinajstić information content (AvgIpc) is 2.58. The number of hydrogen-bond donors (Lipinski definition) is 0. The molecule has 1 aliphatic heterocycles. The number of methoxy groups -OCH3 is 2. The van der Waals surface area contributed by atoms with Gasteiger partial charge in [0, 0.05) is 26.2 Å². The molecule has 1 saturated heterocycles. The van der Waals surface area contributed by atoms with Gasteiger partial charge in [0.15, 0.2) is 0 Å². The molecule has 26 heavy (non-hydrogen) atoms. The number of piperazine rings is 1. The lowest BCUT2D eigenvalue weighted by atomic mass is 10.2. The zero-order valence-electron chi connectivity index (χ0n) is 15.5. The monoisotopic (exact) mass is 369 g/mol. The van der Waals surface area contributed by atoms with E-state index in [-0.39, 0.29) is 23.8 Å². The molecule has 11 heteroatoms. The van der Waals surface area contributed by atoms with Crippen molar-refractivity contribution < 1.29 is 23.9 Å². The van der Waals surface area contributed by atoms with E-state index in [1.807, 2.05) is 20.8 Å². The van der Waals surface area contributed by atoms with Crippen LogP contribution < -0.4 is 14.4 Å². The summed E-state index contributed by atoms with van der Waals surface area (Å²) in [6.45, 7) is 7.16. The normalized spacial score (nSPS) is 14.8. The zero-order valence-corrected chi connectivity index (χ0v) is 15.5. The molecule has 0 radical (unpaired) electrons. The van der Waals surface area contributed by atoms with Crippen molar-refractivity contribution in [1.82, 2.24) is 14.9 Å². The Kier molecular flexibility index (Phi) is 5.68. The summed E-state index contributed by atoms with van der Waals surface area (Å²) in [5.74, 6) is -0.106. The van der Waals surface area contributed by atoms with Gasteiger partial charge in [-0.15, -0.1) is 0 Å². The standard InChI is InChI=1S/C15H23N5O6/c1-15(2,3)26-14(21)19-8-6-18(7-9-19)13-16-11(24-4)10(20(22)23)12(17-13)25-5/h6-9H2,1-5H3. The number of nitrogens with zero attached hydrogens (tertiary/aromatic N) is 5. The molecular weight excluding hydrogens is 346 g/mol. The minimum atomic E-state index is -0.651. The summed E-state index contributed by atoms with van der Waals surface area (Å²) in [5, 5.41) is 11.2. The third-order valence-corrected chi connectivity index (χ3v) is 3.59. The van der Waals surface area contributed by atoms with Crippen molar-refractivity contribution in [1.29, 1.82) is 0 Å². The lowest BCUT2D eigenvalue weighted by Crippen LogP contribution is -2.50. The van der Waals surface area contributed by atoms with Gasteiger partial charge >= 0.3 is 23.5 Å². The Hall–Kier alpha value is -2.85.